The Morgan fingerprint density at radius 1 is 1.22 bits per heavy atom. The summed E-state index contributed by atoms with van der Waals surface area (Å²) in [6, 6.07) is 4.40. The zero-order chi connectivity index (χ0) is 19.6. The summed E-state index contributed by atoms with van der Waals surface area (Å²) < 4.78 is 38.8. The van der Waals surface area contributed by atoms with Gasteiger partial charge in [0.1, 0.15) is 0 Å². The van der Waals surface area contributed by atoms with Gasteiger partial charge in [-0.3, -0.25) is 4.79 Å². The number of rotatable bonds is 8. The molecular weight excluding hydrogens is 360 g/mol. The fraction of sp³-hybridized carbons (Fsp3) is 0.474. The molecule has 27 heavy (non-hydrogen) atoms. The average molecular weight is 383 g/mol. The van der Waals surface area contributed by atoms with E-state index in [1.54, 1.807) is 0 Å². The second-order valence-electron chi connectivity index (χ2n) is 6.13. The number of halogens is 2. The largest absolute Gasteiger partial charge is 0.493 e. The number of carbonyl (C=O) groups is 2. The van der Waals surface area contributed by atoms with Gasteiger partial charge in [0, 0.05) is 12.1 Å². The van der Waals surface area contributed by atoms with Crippen molar-refractivity contribution < 1.29 is 32.6 Å². The van der Waals surface area contributed by atoms with Crippen molar-refractivity contribution >= 4 is 18.0 Å². The number of amides is 1. The van der Waals surface area contributed by atoms with Gasteiger partial charge in [-0.15, -0.1) is 0 Å². The number of methoxy groups -OCH3 is 1. The van der Waals surface area contributed by atoms with E-state index >= 15 is 0 Å². The van der Waals surface area contributed by atoms with Crippen LogP contribution in [0.25, 0.3) is 6.08 Å². The van der Waals surface area contributed by atoms with Crippen LogP contribution in [0.3, 0.4) is 0 Å². The van der Waals surface area contributed by atoms with Crippen LogP contribution in [0, 0.1) is 0 Å². The maximum Gasteiger partial charge on any atom is 0.387 e. The summed E-state index contributed by atoms with van der Waals surface area (Å²) in [5, 5.41) is 2.85. The number of benzene rings is 1. The Kier molecular flexibility index (Phi) is 8.03. The lowest BCUT2D eigenvalue weighted by atomic mass is 9.95. The van der Waals surface area contributed by atoms with Crippen molar-refractivity contribution in [2.24, 2.45) is 0 Å². The van der Waals surface area contributed by atoms with Crippen LogP contribution in [-0.2, 0) is 14.3 Å². The molecule has 0 aromatic heterocycles. The van der Waals surface area contributed by atoms with Gasteiger partial charge in [-0.25, -0.2) is 4.79 Å². The first kappa shape index (κ1) is 20.7. The predicted octanol–water partition coefficient (Wildman–Crippen LogP) is 3.30. The monoisotopic (exact) mass is 383 g/mol. The third kappa shape index (κ3) is 7.24. The van der Waals surface area contributed by atoms with Gasteiger partial charge in [0.2, 0.25) is 0 Å². The second-order valence-corrected chi connectivity index (χ2v) is 6.13. The number of nitrogens with one attached hydrogen (secondary N) is 1. The number of hydrogen-bond acceptors (Lipinski definition) is 5. The van der Waals surface area contributed by atoms with Crippen molar-refractivity contribution in [1.82, 2.24) is 5.32 Å². The molecule has 2 rings (SSSR count). The van der Waals surface area contributed by atoms with Crippen LogP contribution < -0.4 is 14.8 Å². The van der Waals surface area contributed by atoms with Crippen LogP contribution in [0.2, 0.25) is 0 Å². The van der Waals surface area contributed by atoms with Crippen molar-refractivity contribution in [3.8, 4) is 11.5 Å². The Balaban J connectivity index is 1.82. The van der Waals surface area contributed by atoms with E-state index in [1.807, 2.05) is 0 Å². The van der Waals surface area contributed by atoms with Gasteiger partial charge in [0.15, 0.2) is 18.1 Å². The van der Waals surface area contributed by atoms with Gasteiger partial charge in [-0.05, 0) is 36.6 Å². The van der Waals surface area contributed by atoms with E-state index in [2.05, 4.69) is 10.1 Å². The Morgan fingerprint density at radius 3 is 2.63 bits per heavy atom. The van der Waals surface area contributed by atoms with Gasteiger partial charge >= 0.3 is 12.6 Å². The summed E-state index contributed by atoms with van der Waals surface area (Å²) in [7, 11) is 1.32. The van der Waals surface area contributed by atoms with E-state index < -0.39 is 12.6 Å². The van der Waals surface area contributed by atoms with Crippen molar-refractivity contribution in [2.45, 2.75) is 44.8 Å². The van der Waals surface area contributed by atoms with Gasteiger partial charge in [0.05, 0.1) is 7.11 Å². The molecule has 1 fully saturated rings. The lowest BCUT2D eigenvalue weighted by Gasteiger charge is -2.22. The van der Waals surface area contributed by atoms with E-state index in [0.29, 0.717) is 5.56 Å². The first-order valence-electron chi connectivity index (χ1n) is 8.75. The van der Waals surface area contributed by atoms with Crippen LogP contribution in [0.1, 0.15) is 37.7 Å². The third-order valence-corrected chi connectivity index (χ3v) is 4.13. The molecule has 6 nitrogen and oxygen atoms in total. The van der Waals surface area contributed by atoms with Crippen LogP contribution in [0.4, 0.5) is 8.78 Å². The molecular formula is C19H23F2NO5. The normalized spacial score (nSPS) is 15.0. The molecule has 0 saturated heterocycles. The van der Waals surface area contributed by atoms with Crippen LogP contribution in [-0.4, -0.2) is 38.2 Å². The summed E-state index contributed by atoms with van der Waals surface area (Å²) in [4.78, 5) is 23.5. The quantitative estimate of drug-likeness (QED) is 0.551. The molecule has 0 aliphatic heterocycles. The molecule has 1 aromatic carbocycles. The van der Waals surface area contributed by atoms with Crippen LogP contribution in [0.15, 0.2) is 24.3 Å². The Morgan fingerprint density at radius 2 is 1.96 bits per heavy atom. The van der Waals surface area contributed by atoms with E-state index in [-0.39, 0.29) is 30.1 Å². The minimum absolute atomic E-state index is 0.105. The number of alkyl halides is 2. The highest BCUT2D eigenvalue weighted by Gasteiger charge is 2.16. The van der Waals surface area contributed by atoms with Gasteiger partial charge < -0.3 is 19.5 Å². The van der Waals surface area contributed by atoms with E-state index in [9.17, 15) is 18.4 Å². The molecule has 1 saturated carbocycles. The van der Waals surface area contributed by atoms with Crippen molar-refractivity contribution in [2.75, 3.05) is 13.7 Å². The van der Waals surface area contributed by atoms with Crippen molar-refractivity contribution in [3.63, 3.8) is 0 Å². The first-order valence-corrected chi connectivity index (χ1v) is 8.75. The van der Waals surface area contributed by atoms with Gasteiger partial charge in [0.25, 0.3) is 5.91 Å². The number of hydrogen-bond donors (Lipinski definition) is 1. The predicted molar refractivity (Wildman–Crippen MR) is 94.6 cm³/mol. The molecule has 1 aromatic rings. The molecule has 1 N–H and O–H groups in total. The number of ether oxygens (including phenoxy) is 3. The Labute approximate surface area is 156 Å². The second kappa shape index (κ2) is 10.5. The van der Waals surface area contributed by atoms with Crippen LogP contribution in [0.5, 0.6) is 11.5 Å². The van der Waals surface area contributed by atoms with E-state index in [0.717, 1.165) is 31.8 Å². The zero-order valence-electron chi connectivity index (χ0n) is 15.1. The van der Waals surface area contributed by atoms with Crippen molar-refractivity contribution in [1.29, 1.82) is 0 Å². The standard InChI is InChI=1S/C19H23F2NO5/c1-25-16-11-13(7-9-15(16)27-19(20)21)8-10-18(24)26-12-17(23)22-14-5-3-2-4-6-14/h7-11,14,19H,2-6,12H2,1H3,(H,22,23). The third-order valence-electron chi connectivity index (χ3n) is 4.13. The molecule has 0 unspecified atom stereocenters. The minimum Gasteiger partial charge on any atom is -0.493 e. The van der Waals surface area contributed by atoms with Gasteiger partial charge in [-0.1, -0.05) is 25.3 Å². The summed E-state index contributed by atoms with van der Waals surface area (Å²) in [5.74, 6) is -0.997. The Hall–Kier alpha value is -2.64. The van der Waals surface area contributed by atoms with Crippen molar-refractivity contribution in [3.05, 3.63) is 29.8 Å². The minimum atomic E-state index is -2.96. The molecule has 148 valence electrons. The summed E-state index contributed by atoms with van der Waals surface area (Å²) >= 11 is 0. The average Bonchev–Trinajstić information content (AvgIpc) is 2.66. The molecule has 0 atom stereocenters. The molecule has 1 aliphatic rings. The molecule has 0 radical (unpaired) electrons. The highest BCUT2D eigenvalue weighted by molar-refractivity contribution is 5.89. The fourth-order valence-corrected chi connectivity index (χ4v) is 2.85. The lowest BCUT2D eigenvalue weighted by molar-refractivity contribution is -0.144. The molecule has 0 heterocycles. The molecule has 1 amide bonds. The molecule has 0 bridgehead atoms. The lowest BCUT2D eigenvalue weighted by Crippen LogP contribution is -2.38. The topological polar surface area (TPSA) is 73.9 Å². The SMILES string of the molecule is COc1cc(C=CC(=O)OCC(=O)NC2CCCCC2)ccc1OC(F)F. The fourth-order valence-electron chi connectivity index (χ4n) is 2.85. The summed E-state index contributed by atoms with van der Waals surface area (Å²) in [6.07, 6.45) is 7.86. The smallest absolute Gasteiger partial charge is 0.387 e. The Bertz CT molecular complexity index is 672. The van der Waals surface area contributed by atoms with Crippen LogP contribution >= 0.6 is 0 Å². The maximum absolute atomic E-state index is 12.3. The molecule has 1 aliphatic carbocycles. The van der Waals surface area contributed by atoms with E-state index in [1.165, 1.54) is 37.8 Å². The number of esters is 1. The summed E-state index contributed by atoms with van der Waals surface area (Å²) in [6.45, 7) is -3.31. The first-order chi connectivity index (χ1) is 13.0. The highest BCUT2D eigenvalue weighted by atomic mass is 19.3. The molecule has 8 heteroatoms. The maximum atomic E-state index is 12.3. The number of carbonyl (C=O) groups excluding carboxylic acids is 2. The summed E-state index contributed by atoms with van der Waals surface area (Å²) in [5.41, 5.74) is 0.525. The van der Waals surface area contributed by atoms with Gasteiger partial charge in [-0.2, -0.15) is 8.78 Å². The highest BCUT2D eigenvalue weighted by Crippen LogP contribution is 2.29. The zero-order valence-corrected chi connectivity index (χ0v) is 15.1. The van der Waals surface area contributed by atoms with E-state index in [4.69, 9.17) is 9.47 Å². The molecule has 0 spiro atoms.